The molecule has 0 bridgehead atoms. The molecule has 1 aromatic rings. The molecule has 72 valence electrons. The van der Waals surface area contributed by atoms with E-state index >= 15 is 0 Å². The Morgan fingerprint density at radius 1 is 1.62 bits per heavy atom. The van der Waals surface area contributed by atoms with E-state index in [1.54, 1.807) is 6.20 Å². The van der Waals surface area contributed by atoms with Gasteiger partial charge in [-0.15, -0.1) is 0 Å². The van der Waals surface area contributed by atoms with Crippen LogP contribution in [0.15, 0.2) is 18.3 Å². The Hall–Kier alpha value is -1.09. The molecule has 3 heteroatoms. The summed E-state index contributed by atoms with van der Waals surface area (Å²) in [5.74, 6) is 0.587. The smallest absolute Gasteiger partial charge is 0.123 e. The highest BCUT2D eigenvalue weighted by Crippen LogP contribution is 2.03. The van der Waals surface area contributed by atoms with Crippen molar-refractivity contribution in [3.63, 3.8) is 0 Å². The minimum Gasteiger partial charge on any atom is -0.384 e. The van der Waals surface area contributed by atoms with Crippen LogP contribution in [0.1, 0.15) is 25.8 Å². The molecule has 1 heterocycles. The molecule has 0 aromatic carbocycles. The molecule has 3 N–H and O–H groups in total. The second-order valence-corrected chi connectivity index (χ2v) is 3.28. The van der Waals surface area contributed by atoms with Crippen LogP contribution in [0.25, 0.3) is 0 Å². The Labute approximate surface area is 79.4 Å². The van der Waals surface area contributed by atoms with Gasteiger partial charge >= 0.3 is 0 Å². The summed E-state index contributed by atoms with van der Waals surface area (Å²) in [5, 5.41) is 3.39. The van der Waals surface area contributed by atoms with E-state index in [1.807, 2.05) is 12.1 Å². The van der Waals surface area contributed by atoms with Crippen LogP contribution in [0.2, 0.25) is 0 Å². The van der Waals surface area contributed by atoms with Crippen molar-refractivity contribution in [3.05, 3.63) is 23.9 Å². The monoisotopic (exact) mass is 179 g/mol. The summed E-state index contributed by atoms with van der Waals surface area (Å²) in [6, 6.07) is 4.43. The summed E-state index contributed by atoms with van der Waals surface area (Å²) in [4.78, 5) is 3.94. The Kier molecular flexibility index (Phi) is 3.71. The van der Waals surface area contributed by atoms with Gasteiger partial charge in [0.15, 0.2) is 0 Å². The Bertz CT molecular complexity index is 260. The first-order valence-electron chi connectivity index (χ1n) is 4.66. The first-order chi connectivity index (χ1) is 6.22. The summed E-state index contributed by atoms with van der Waals surface area (Å²) in [6.07, 6.45) is 2.88. The number of rotatable bonds is 4. The molecule has 0 radical (unpaired) electrons. The van der Waals surface area contributed by atoms with Crippen molar-refractivity contribution in [1.29, 1.82) is 0 Å². The van der Waals surface area contributed by atoms with Crippen molar-refractivity contribution < 1.29 is 0 Å². The van der Waals surface area contributed by atoms with Crippen molar-refractivity contribution in [3.8, 4) is 0 Å². The summed E-state index contributed by atoms with van der Waals surface area (Å²) in [7, 11) is 0. The molecule has 3 nitrogen and oxygen atoms in total. The van der Waals surface area contributed by atoms with Crippen LogP contribution in [0.4, 0.5) is 5.82 Å². The van der Waals surface area contributed by atoms with E-state index in [0.29, 0.717) is 11.9 Å². The van der Waals surface area contributed by atoms with Crippen LogP contribution in [0.3, 0.4) is 0 Å². The van der Waals surface area contributed by atoms with E-state index in [-0.39, 0.29) is 0 Å². The van der Waals surface area contributed by atoms with Crippen molar-refractivity contribution in [2.45, 2.75) is 32.9 Å². The minimum absolute atomic E-state index is 0.550. The summed E-state index contributed by atoms with van der Waals surface area (Å²) in [5.41, 5.74) is 6.75. The highest BCUT2D eigenvalue weighted by atomic mass is 14.9. The van der Waals surface area contributed by atoms with Gasteiger partial charge < -0.3 is 11.1 Å². The first kappa shape index (κ1) is 9.99. The van der Waals surface area contributed by atoms with Crippen LogP contribution in [0.5, 0.6) is 0 Å². The van der Waals surface area contributed by atoms with Crippen molar-refractivity contribution in [2.24, 2.45) is 0 Å². The number of nitrogens with two attached hydrogens (primary N) is 1. The van der Waals surface area contributed by atoms with Crippen LogP contribution in [-0.2, 0) is 6.54 Å². The molecule has 0 aliphatic heterocycles. The predicted octanol–water partition coefficient (Wildman–Crippen LogP) is 1.55. The van der Waals surface area contributed by atoms with Gasteiger partial charge in [-0.3, -0.25) is 0 Å². The summed E-state index contributed by atoms with van der Waals surface area (Å²) >= 11 is 0. The Morgan fingerprint density at radius 2 is 2.38 bits per heavy atom. The molecular weight excluding hydrogens is 162 g/mol. The van der Waals surface area contributed by atoms with Crippen LogP contribution >= 0.6 is 0 Å². The number of aromatic nitrogens is 1. The second-order valence-electron chi connectivity index (χ2n) is 3.28. The number of pyridine rings is 1. The number of anilines is 1. The quantitative estimate of drug-likeness (QED) is 0.737. The third kappa shape index (κ3) is 3.42. The van der Waals surface area contributed by atoms with Gasteiger partial charge in [-0.2, -0.15) is 0 Å². The Morgan fingerprint density at radius 3 is 3.00 bits per heavy atom. The zero-order chi connectivity index (χ0) is 9.68. The van der Waals surface area contributed by atoms with Gasteiger partial charge in [0.05, 0.1) is 0 Å². The molecule has 1 atom stereocenters. The van der Waals surface area contributed by atoms with Gasteiger partial charge in [0.25, 0.3) is 0 Å². The third-order valence-electron chi connectivity index (χ3n) is 2.11. The molecule has 1 unspecified atom stereocenters. The number of nitrogens with zero attached hydrogens (tertiary/aromatic N) is 1. The second kappa shape index (κ2) is 4.82. The fourth-order valence-electron chi connectivity index (χ4n) is 1.04. The standard InChI is InChI=1S/C10H17N3/c1-3-8(2)13-7-9-4-5-12-10(11)6-9/h4-6,8,13H,3,7H2,1-2H3,(H2,11,12). The summed E-state index contributed by atoms with van der Waals surface area (Å²) < 4.78 is 0. The molecule has 0 aliphatic rings. The normalized spacial score (nSPS) is 12.8. The van der Waals surface area contributed by atoms with Gasteiger partial charge in [-0.05, 0) is 31.0 Å². The maximum Gasteiger partial charge on any atom is 0.123 e. The largest absolute Gasteiger partial charge is 0.384 e. The number of hydrogen-bond donors (Lipinski definition) is 2. The minimum atomic E-state index is 0.550. The fourth-order valence-corrected chi connectivity index (χ4v) is 1.04. The maximum absolute atomic E-state index is 5.56. The van der Waals surface area contributed by atoms with Gasteiger partial charge in [0.1, 0.15) is 5.82 Å². The lowest BCUT2D eigenvalue weighted by Gasteiger charge is -2.10. The lowest BCUT2D eigenvalue weighted by molar-refractivity contribution is 0.534. The topological polar surface area (TPSA) is 50.9 Å². The highest BCUT2D eigenvalue weighted by molar-refractivity contribution is 5.31. The van der Waals surface area contributed by atoms with Crippen molar-refractivity contribution in [2.75, 3.05) is 5.73 Å². The lowest BCUT2D eigenvalue weighted by Crippen LogP contribution is -2.24. The molecule has 1 aromatic heterocycles. The van der Waals surface area contributed by atoms with E-state index < -0.39 is 0 Å². The van der Waals surface area contributed by atoms with Crippen LogP contribution in [0, 0.1) is 0 Å². The van der Waals surface area contributed by atoms with Gasteiger partial charge in [-0.25, -0.2) is 4.98 Å². The summed E-state index contributed by atoms with van der Waals surface area (Å²) in [6.45, 7) is 5.20. The molecule has 0 saturated carbocycles. The molecule has 0 spiro atoms. The molecule has 0 amide bonds. The van der Waals surface area contributed by atoms with E-state index in [4.69, 9.17) is 5.73 Å². The maximum atomic E-state index is 5.56. The molecular formula is C10H17N3. The van der Waals surface area contributed by atoms with Crippen LogP contribution in [-0.4, -0.2) is 11.0 Å². The number of nitrogen functional groups attached to an aromatic ring is 1. The lowest BCUT2D eigenvalue weighted by atomic mass is 10.2. The predicted molar refractivity (Wildman–Crippen MR) is 55.2 cm³/mol. The van der Waals surface area contributed by atoms with Crippen molar-refractivity contribution in [1.82, 2.24) is 10.3 Å². The average molecular weight is 179 g/mol. The SMILES string of the molecule is CCC(C)NCc1ccnc(N)c1. The fraction of sp³-hybridized carbons (Fsp3) is 0.500. The van der Waals surface area contributed by atoms with Gasteiger partial charge in [0, 0.05) is 18.8 Å². The molecule has 0 fully saturated rings. The molecule has 0 saturated heterocycles. The average Bonchev–Trinajstić information content (AvgIpc) is 2.14. The first-order valence-corrected chi connectivity index (χ1v) is 4.66. The molecule has 0 aliphatic carbocycles. The zero-order valence-corrected chi connectivity index (χ0v) is 8.25. The van der Waals surface area contributed by atoms with E-state index in [1.165, 1.54) is 5.56 Å². The zero-order valence-electron chi connectivity index (χ0n) is 8.25. The van der Waals surface area contributed by atoms with E-state index in [0.717, 1.165) is 13.0 Å². The molecule has 13 heavy (non-hydrogen) atoms. The number of nitrogens with one attached hydrogen (secondary N) is 1. The van der Waals surface area contributed by atoms with Crippen LogP contribution < -0.4 is 11.1 Å². The van der Waals surface area contributed by atoms with Gasteiger partial charge in [-0.1, -0.05) is 6.92 Å². The highest BCUT2D eigenvalue weighted by Gasteiger charge is 1.98. The van der Waals surface area contributed by atoms with Crippen molar-refractivity contribution >= 4 is 5.82 Å². The third-order valence-corrected chi connectivity index (χ3v) is 2.11. The van der Waals surface area contributed by atoms with E-state index in [9.17, 15) is 0 Å². The molecule has 1 rings (SSSR count). The number of hydrogen-bond acceptors (Lipinski definition) is 3. The Balaban J connectivity index is 2.45. The van der Waals surface area contributed by atoms with Gasteiger partial charge in [0.2, 0.25) is 0 Å². The van der Waals surface area contributed by atoms with E-state index in [2.05, 4.69) is 24.1 Å².